The first-order valence-corrected chi connectivity index (χ1v) is 11.0. The van der Waals surface area contributed by atoms with Crippen LogP contribution in [0.15, 0.2) is 24.5 Å². The predicted molar refractivity (Wildman–Crippen MR) is 115 cm³/mol. The number of amides is 2. The van der Waals surface area contributed by atoms with E-state index in [-0.39, 0.29) is 18.1 Å². The molecule has 0 radical (unpaired) electrons. The fourth-order valence-electron chi connectivity index (χ4n) is 4.48. The summed E-state index contributed by atoms with van der Waals surface area (Å²) in [6.07, 6.45) is 5.79. The number of carbonyl (C=O) groups excluding carboxylic acids is 1. The molecular weight excluding hydrogens is 437 g/mol. The highest BCUT2D eigenvalue weighted by Crippen LogP contribution is 2.31. The Hall–Kier alpha value is -3.08. The van der Waals surface area contributed by atoms with Crippen molar-refractivity contribution in [1.29, 1.82) is 0 Å². The van der Waals surface area contributed by atoms with Crippen LogP contribution in [-0.4, -0.2) is 59.7 Å². The molecule has 4 rings (SSSR count). The van der Waals surface area contributed by atoms with Crippen LogP contribution in [0.4, 0.5) is 23.9 Å². The van der Waals surface area contributed by atoms with Gasteiger partial charge in [0.25, 0.3) is 0 Å². The minimum Gasteiger partial charge on any atom is -0.490 e. The molecule has 0 saturated carbocycles. The summed E-state index contributed by atoms with van der Waals surface area (Å²) < 4.78 is 46.8. The maximum absolute atomic E-state index is 14.2. The number of anilines is 1. The molecule has 11 heteroatoms. The fourth-order valence-corrected chi connectivity index (χ4v) is 4.48. The summed E-state index contributed by atoms with van der Waals surface area (Å²) in [6.45, 7) is 2.49. The summed E-state index contributed by atoms with van der Waals surface area (Å²) >= 11 is 0. The van der Waals surface area contributed by atoms with Crippen LogP contribution in [0.3, 0.4) is 0 Å². The highest BCUT2D eigenvalue weighted by atomic mass is 19.2. The van der Waals surface area contributed by atoms with Gasteiger partial charge in [0.1, 0.15) is 5.82 Å². The second-order valence-corrected chi connectivity index (χ2v) is 8.59. The number of halogens is 3. The average Bonchev–Trinajstić information content (AvgIpc) is 3.18. The smallest absolute Gasteiger partial charge is 0.314 e. The van der Waals surface area contributed by atoms with Gasteiger partial charge in [-0.25, -0.2) is 27.9 Å². The van der Waals surface area contributed by atoms with Gasteiger partial charge in [0.05, 0.1) is 19.0 Å². The van der Waals surface area contributed by atoms with Crippen molar-refractivity contribution in [3.05, 3.63) is 47.5 Å². The third-order valence-electron chi connectivity index (χ3n) is 6.42. The Bertz CT molecular complexity index is 985. The molecule has 0 unspecified atom stereocenters. The molecule has 2 atom stereocenters. The molecule has 2 amide bonds. The molecule has 178 valence electrons. The normalized spacial score (nSPS) is 21.5. The second kappa shape index (κ2) is 9.82. The number of aromatic nitrogens is 2. The van der Waals surface area contributed by atoms with E-state index in [4.69, 9.17) is 16.2 Å². The largest absolute Gasteiger partial charge is 0.490 e. The van der Waals surface area contributed by atoms with Crippen LogP contribution in [-0.2, 0) is 0 Å². The number of nitrogens with two attached hydrogens (primary N) is 2. The summed E-state index contributed by atoms with van der Waals surface area (Å²) in [5, 5.41) is 0. The number of nitrogens with zero attached hydrogens (tertiary/aromatic N) is 4. The minimum atomic E-state index is -1.23. The zero-order valence-corrected chi connectivity index (χ0v) is 18.1. The molecule has 2 aliphatic heterocycles. The third kappa shape index (κ3) is 5.29. The van der Waals surface area contributed by atoms with Gasteiger partial charge in [-0.3, -0.25) is 0 Å². The number of ether oxygens (including phenoxy) is 1. The molecule has 0 spiro atoms. The molecule has 2 aromatic rings. The zero-order valence-electron chi connectivity index (χ0n) is 18.1. The molecule has 0 aliphatic carbocycles. The number of likely N-dealkylation sites (tertiary alicyclic amines) is 1. The van der Waals surface area contributed by atoms with Gasteiger partial charge in [0.2, 0.25) is 5.95 Å². The van der Waals surface area contributed by atoms with Gasteiger partial charge in [0, 0.05) is 44.2 Å². The van der Waals surface area contributed by atoms with E-state index in [0.29, 0.717) is 49.9 Å². The summed E-state index contributed by atoms with van der Waals surface area (Å²) in [5.41, 5.74) is 11.5. The Labute approximate surface area is 189 Å². The Morgan fingerprint density at radius 2 is 1.73 bits per heavy atom. The molecule has 2 saturated heterocycles. The highest BCUT2D eigenvalue weighted by molar-refractivity contribution is 5.72. The summed E-state index contributed by atoms with van der Waals surface area (Å²) in [5.74, 6) is -2.26. The summed E-state index contributed by atoms with van der Waals surface area (Å²) in [7, 11) is 0. The summed E-state index contributed by atoms with van der Waals surface area (Å²) in [6, 6.07) is 0.560. The number of piperidine rings is 1. The number of primary amides is 1. The van der Waals surface area contributed by atoms with Gasteiger partial charge in [-0.2, -0.15) is 0 Å². The molecule has 8 nitrogen and oxygen atoms in total. The molecule has 33 heavy (non-hydrogen) atoms. The maximum Gasteiger partial charge on any atom is 0.314 e. The monoisotopic (exact) mass is 464 g/mol. The van der Waals surface area contributed by atoms with E-state index in [2.05, 4.69) is 9.97 Å². The molecule has 0 bridgehead atoms. The molecular formula is C22H27F3N6O2. The van der Waals surface area contributed by atoms with E-state index in [9.17, 15) is 18.0 Å². The van der Waals surface area contributed by atoms with Crippen molar-refractivity contribution in [3.8, 4) is 5.75 Å². The van der Waals surface area contributed by atoms with Gasteiger partial charge in [-0.15, -0.1) is 0 Å². The van der Waals surface area contributed by atoms with Crippen LogP contribution in [0.1, 0.15) is 30.7 Å². The van der Waals surface area contributed by atoms with Crippen molar-refractivity contribution in [3.63, 3.8) is 0 Å². The van der Waals surface area contributed by atoms with Crippen molar-refractivity contribution < 1.29 is 22.7 Å². The first kappa shape index (κ1) is 23.1. The first-order valence-electron chi connectivity index (χ1n) is 11.0. The Morgan fingerprint density at radius 3 is 2.39 bits per heavy atom. The fraction of sp³-hybridized carbons (Fsp3) is 0.500. The van der Waals surface area contributed by atoms with E-state index in [0.717, 1.165) is 25.3 Å². The van der Waals surface area contributed by atoms with E-state index in [1.807, 2.05) is 0 Å². The second-order valence-electron chi connectivity index (χ2n) is 8.59. The predicted octanol–water partition coefficient (Wildman–Crippen LogP) is 2.38. The number of hydrogen-bond donors (Lipinski definition) is 2. The Kier molecular flexibility index (Phi) is 6.87. The number of rotatable bonds is 6. The maximum atomic E-state index is 14.2. The molecule has 1 aromatic heterocycles. The molecule has 2 aliphatic rings. The standard InChI is InChI=1S/C22H27F3N6O2/c23-17-8-19(25)18(24)7-15(17)16-11-31(12-20(16)26)22-28-9-14(10-29-22)33-6-3-13-1-4-30(5-2-13)21(27)32/h7-10,13,16,20H,1-6,11-12,26H2,(H2,27,32)/t16-,20+/m1/s1. The number of benzene rings is 1. The lowest BCUT2D eigenvalue weighted by Gasteiger charge is -2.30. The van der Waals surface area contributed by atoms with Crippen LogP contribution in [0, 0.1) is 23.4 Å². The van der Waals surface area contributed by atoms with Crippen molar-refractivity contribution in [2.24, 2.45) is 17.4 Å². The SMILES string of the molecule is NC(=O)N1CCC(CCOc2cnc(N3C[C@H](c4cc(F)c(F)cc4F)[C@@H](N)C3)nc2)CC1. The van der Waals surface area contributed by atoms with Crippen LogP contribution >= 0.6 is 0 Å². The highest BCUT2D eigenvalue weighted by Gasteiger charge is 2.35. The van der Waals surface area contributed by atoms with Crippen molar-refractivity contribution in [2.45, 2.75) is 31.2 Å². The zero-order chi connectivity index (χ0) is 23.5. The van der Waals surface area contributed by atoms with E-state index >= 15 is 0 Å². The van der Waals surface area contributed by atoms with Crippen LogP contribution in [0.5, 0.6) is 5.75 Å². The Balaban J connectivity index is 1.29. The molecule has 2 fully saturated rings. The van der Waals surface area contributed by atoms with Crippen molar-refractivity contribution in [2.75, 3.05) is 37.7 Å². The minimum absolute atomic E-state index is 0.0468. The lowest BCUT2D eigenvalue weighted by atomic mass is 9.94. The van der Waals surface area contributed by atoms with E-state index < -0.39 is 29.4 Å². The Morgan fingerprint density at radius 1 is 1.06 bits per heavy atom. The van der Waals surface area contributed by atoms with Gasteiger partial charge in [-0.05, 0) is 36.8 Å². The van der Waals surface area contributed by atoms with Crippen LogP contribution in [0.2, 0.25) is 0 Å². The lowest BCUT2D eigenvalue weighted by Crippen LogP contribution is -2.41. The van der Waals surface area contributed by atoms with Crippen LogP contribution < -0.4 is 21.1 Å². The molecule has 3 heterocycles. The number of urea groups is 1. The first-order chi connectivity index (χ1) is 15.8. The average molecular weight is 464 g/mol. The number of hydrogen-bond acceptors (Lipinski definition) is 6. The third-order valence-corrected chi connectivity index (χ3v) is 6.42. The van der Waals surface area contributed by atoms with E-state index in [1.54, 1.807) is 22.2 Å². The van der Waals surface area contributed by atoms with Crippen molar-refractivity contribution in [1.82, 2.24) is 14.9 Å². The molecule has 1 aromatic carbocycles. The van der Waals surface area contributed by atoms with Gasteiger partial charge >= 0.3 is 6.03 Å². The molecule has 4 N–H and O–H groups in total. The summed E-state index contributed by atoms with van der Waals surface area (Å²) in [4.78, 5) is 23.3. The van der Waals surface area contributed by atoms with E-state index in [1.165, 1.54) is 0 Å². The lowest BCUT2D eigenvalue weighted by molar-refractivity contribution is 0.167. The number of carbonyl (C=O) groups is 1. The van der Waals surface area contributed by atoms with Crippen LogP contribution in [0.25, 0.3) is 0 Å². The van der Waals surface area contributed by atoms with Gasteiger partial charge < -0.3 is 26.0 Å². The quantitative estimate of drug-likeness (QED) is 0.635. The van der Waals surface area contributed by atoms with Gasteiger partial charge in [-0.1, -0.05) is 0 Å². The topological polar surface area (TPSA) is 111 Å². The van der Waals surface area contributed by atoms with Gasteiger partial charge in [0.15, 0.2) is 17.4 Å². The van der Waals surface area contributed by atoms with Crippen molar-refractivity contribution >= 4 is 12.0 Å².